The molecular formula is C21H25N5O4. The van der Waals surface area contributed by atoms with Gasteiger partial charge in [0.1, 0.15) is 5.82 Å². The monoisotopic (exact) mass is 411 g/mol. The lowest BCUT2D eigenvalue weighted by Crippen LogP contribution is -2.55. The fraction of sp³-hybridized carbons (Fsp3) is 0.429. The first-order chi connectivity index (χ1) is 14.3. The van der Waals surface area contributed by atoms with E-state index in [1.807, 2.05) is 35.8 Å². The largest absolute Gasteiger partial charge is 0.388 e. The number of hydrogen-bond donors (Lipinski definition) is 2. The van der Waals surface area contributed by atoms with Gasteiger partial charge >= 0.3 is 5.69 Å². The van der Waals surface area contributed by atoms with Crippen molar-refractivity contribution in [2.24, 2.45) is 0 Å². The predicted molar refractivity (Wildman–Crippen MR) is 111 cm³/mol. The molecule has 0 saturated carbocycles. The van der Waals surface area contributed by atoms with Crippen molar-refractivity contribution in [3.63, 3.8) is 0 Å². The minimum Gasteiger partial charge on any atom is -0.388 e. The molecule has 2 N–H and O–H groups in total. The molecule has 2 atom stereocenters. The smallest absolute Gasteiger partial charge is 0.328 e. The second-order valence-electron chi connectivity index (χ2n) is 8.03. The molecule has 1 fully saturated rings. The molecule has 4 rings (SSSR count). The number of benzene rings is 1. The number of piperidine rings is 1. The molecular weight excluding hydrogens is 386 g/mol. The summed E-state index contributed by atoms with van der Waals surface area (Å²) in [7, 11) is 0. The number of aliphatic hydroxyl groups is 1. The lowest BCUT2D eigenvalue weighted by molar-refractivity contribution is -0.138. The molecule has 1 saturated heterocycles. The minimum atomic E-state index is -1.17. The lowest BCUT2D eigenvalue weighted by atomic mass is 9.88. The Labute approximate surface area is 172 Å². The van der Waals surface area contributed by atoms with Crippen molar-refractivity contribution in [3.05, 3.63) is 63.2 Å². The molecule has 3 heterocycles. The Bertz CT molecular complexity index is 1210. The van der Waals surface area contributed by atoms with Gasteiger partial charge in [-0.3, -0.25) is 19.1 Å². The van der Waals surface area contributed by atoms with E-state index < -0.39 is 22.9 Å². The first-order valence-electron chi connectivity index (χ1n) is 10.00. The zero-order valence-electron chi connectivity index (χ0n) is 17.0. The average molecular weight is 411 g/mol. The molecule has 9 nitrogen and oxygen atoms in total. The lowest BCUT2D eigenvalue weighted by Gasteiger charge is -2.43. The third-order valence-corrected chi connectivity index (χ3v) is 5.93. The predicted octanol–water partition coefficient (Wildman–Crippen LogP) is 0.809. The Balaban J connectivity index is 1.51. The van der Waals surface area contributed by atoms with Crippen LogP contribution in [0.2, 0.25) is 0 Å². The molecule has 0 spiro atoms. The van der Waals surface area contributed by atoms with Gasteiger partial charge < -0.3 is 14.6 Å². The van der Waals surface area contributed by atoms with Crippen LogP contribution in [0.4, 0.5) is 0 Å². The summed E-state index contributed by atoms with van der Waals surface area (Å²) in [6.07, 6.45) is 1.99. The van der Waals surface area contributed by atoms with Crippen LogP contribution in [-0.4, -0.2) is 53.7 Å². The van der Waals surface area contributed by atoms with E-state index in [0.29, 0.717) is 19.5 Å². The van der Waals surface area contributed by atoms with E-state index in [9.17, 15) is 19.5 Å². The van der Waals surface area contributed by atoms with Crippen LogP contribution in [0.1, 0.15) is 31.6 Å². The van der Waals surface area contributed by atoms with Gasteiger partial charge in [0.25, 0.3) is 5.56 Å². The summed E-state index contributed by atoms with van der Waals surface area (Å²) >= 11 is 0. The molecule has 3 aromatic rings. The van der Waals surface area contributed by atoms with Crippen LogP contribution in [0.3, 0.4) is 0 Å². The number of nitrogens with zero attached hydrogens (tertiary/aromatic N) is 4. The van der Waals surface area contributed by atoms with Gasteiger partial charge in [-0.25, -0.2) is 9.78 Å². The Kier molecular flexibility index (Phi) is 5.07. The fourth-order valence-electron chi connectivity index (χ4n) is 4.16. The number of carbonyl (C=O) groups excluding carboxylic acids is 1. The summed E-state index contributed by atoms with van der Waals surface area (Å²) < 4.78 is 3.33. The maximum atomic E-state index is 12.9. The highest BCUT2D eigenvalue weighted by molar-refractivity contribution is 5.78. The second kappa shape index (κ2) is 7.56. The van der Waals surface area contributed by atoms with E-state index in [1.165, 1.54) is 16.8 Å². The fourth-order valence-corrected chi connectivity index (χ4v) is 4.16. The number of imidazole rings is 1. The number of fused-ring (bicyclic) bond motifs is 1. The van der Waals surface area contributed by atoms with E-state index >= 15 is 0 Å². The molecule has 1 aromatic carbocycles. The minimum absolute atomic E-state index is 0.0508. The van der Waals surface area contributed by atoms with Gasteiger partial charge in [0.15, 0.2) is 0 Å². The molecule has 0 bridgehead atoms. The van der Waals surface area contributed by atoms with Crippen LogP contribution in [0.25, 0.3) is 11.0 Å². The summed E-state index contributed by atoms with van der Waals surface area (Å²) in [5, 5.41) is 10.8. The molecule has 0 radical (unpaired) electrons. The molecule has 30 heavy (non-hydrogen) atoms. The quantitative estimate of drug-likeness (QED) is 0.660. The van der Waals surface area contributed by atoms with Crippen molar-refractivity contribution in [1.29, 1.82) is 0 Å². The number of carbonyl (C=O) groups is 1. The van der Waals surface area contributed by atoms with Gasteiger partial charge in [-0.05, 0) is 32.4 Å². The maximum Gasteiger partial charge on any atom is 0.328 e. The van der Waals surface area contributed by atoms with Crippen molar-refractivity contribution >= 4 is 16.9 Å². The topological polar surface area (TPSA) is 113 Å². The number of para-hydroxylation sites is 2. The Morgan fingerprint density at radius 1 is 1.30 bits per heavy atom. The van der Waals surface area contributed by atoms with Crippen molar-refractivity contribution in [2.45, 2.75) is 44.9 Å². The number of H-pyrrole nitrogens is 1. The number of aromatic nitrogens is 4. The molecule has 0 unspecified atom stereocenters. The van der Waals surface area contributed by atoms with Crippen molar-refractivity contribution in [2.75, 3.05) is 13.1 Å². The summed E-state index contributed by atoms with van der Waals surface area (Å²) in [4.78, 5) is 45.0. The first-order valence-corrected chi connectivity index (χ1v) is 10.00. The summed E-state index contributed by atoms with van der Waals surface area (Å²) in [6, 6.07) is 8.40. The number of nitrogens with one attached hydrogen (secondary N) is 1. The molecule has 1 amide bonds. The number of amides is 1. The zero-order valence-corrected chi connectivity index (χ0v) is 17.0. The van der Waals surface area contributed by atoms with E-state index in [2.05, 4.69) is 9.97 Å². The van der Waals surface area contributed by atoms with Crippen LogP contribution in [-0.2, 0) is 11.3 Å². The van der Waals surface area contributed by atoms with Gasteiger partial charge in [-0.2, -0.15) is 0 Å². The van der Waals surface area contributed by atoms with Gasteiger partial charge in [-0.15, -0.1) is 0 Å². The van der Waals surface area contributed by atoms with Crippen molar-refractivity contribution in [1.82, 2.24) is 24.0 Å². The van der Waals surface area contributed by atoms with Gasteiger partial charge in [0, 0.05) is 38.3 Å². The SMILES string of the molecule is Cc1nc2ccccc2n1CCC(=O)N1CC[C@@](C)(O)[C@H](n2ccc(=O)[nH]c2=O)C1. The number of hydrogen-bond acceptors (Lipinski definition) is 5. The van der Waals surface area contributed by atoms with Crippen LogP contribution in [0.15, 0.2) is 46.1 Å². The summed E-state index contributed by atoms with van der Waals surface area (Å²) in [6.45, 7) is 4.67. The van der Waals surface area contributed by atoms with Crippen LogP contribution < -0.4 is 11.2 Å². The number of likely N-dealkylation sites (tertiary alicyclic amines) is 1. The Morgan fingerprint density at radius 2 is 2.07 bits per heavy atom. The zero-order chi connectivity index (χ0) is 21.5. The van der Waals surface area contributed by atoms with E-state index in [-0.39, 0.29) is 18.9 Å². The summed E-state index contributed by atoms with van der Waals surface area (Å²) in [5.41, 5.74) is -0.378. The molecule has 0 aliphatic carbocycles. The maximum absolute atomic E-state index is 12.9. The average Bonchev–Trinajstić information content (AvgIpc) is 3.01. The van der Waals surface area contributed by atoms with E-state index in [0.717, 1.165) is 16.9 Å². The number of aromatic amines is 1. The molecule has 1 aliphatic heterocycles. The normalized spacial score (nSPS) is 21.8. The second-order valence-corrected chi connectivity index (χ2v) is 8.03. The third kappa shape index (κ3) is 3.68. The molecule has 1 aliphatic rings. The molecule has 158 valence electrons. The highest BCUT2D eigenvalue weighted by atomic mass is 16.3. The van der Waals surface area contributed by atoms with E-state index in [4.69, 9.17) is 0 Å². The molecule has 2 aromatic heterocycles. The number of aryl methyl sites for hydroxylation is 2. The standard InChI is InChI=1S/C21H25N5O4/c1-14-22-15-5-3-4-6-16(15)25(14)11-8-19(28)24-12-9-21(2,30)17(13-24)26-10-7-18(27)23-20(26)29/h3-7,10,17,30H,8-9,11-13H2,1-2H3,(H,23,27,29)/t17-,21-/m1/s1. The van der Waals surface area contributed by atoms with Gasteiger partial charge in [0.2, 0.25) is 5.91 Å². The van der Waals surface area contributed by atoms with E-state index in [1.54, 1.807) is 11.8 Å². The number of rotatable bonds is 4. The Hall–Kier alpha value is -3.20. The molecule has 9 heteroatoms. The third-order valence-electron chi connectivity index (χ3n) is 5.93. The highest BCUT2D eigenvalue weighted by Gasteiger charge is 2.40. The van der Waals surface area contributed by atoms with Gasteiger partial charge in [-0.1, -0.05) is 12.1 Å². The van der Waals surface area contributed by atoms with Crippen LogP contribution in [0.5, 0.6) is 0 Å². The van der Waals surface area contributed by atoms with Crippen molar-refractivity contribution in [3.8, 4) is 0 Å². The van der Waals surface area contributed by atoms with Crippen molar-refractivity contribution < 1.29 is 9.90 Å². The Morgan fingerprint density at radius 3 is 2.83 bits per heavy atom. The van der Waals surface area contributed by atoms with Crippen LogP contribution >= 0.6 is 0 Å². The van der Waals surface area contributed by atoms with Crippen LogP contribution in [0, 0.1) is 6.92 Å². The first kappa shape index (κ1) is 20.1. The summed E-state index contributed by atoms with van der Waals surface area (Å²) in [5.74, 6) is 0.799. The van der Waals surface area contributed by atoms with Gasteiger partial charge in [0.05, 0.1) is 22.7 Å². The highest BCUT2D eigenvalue weighted by Crippen LogP contribution is 2.31.